The van der Waals surface area contributed by atoms with Crippen molar-refractivity contribution in [1.82, 2.24) is 4.90 Å². The third kappa shape index (κ3) is 3.86. The van der Waals surface area contributed by atoms with E-state index in [0.717, 1.165) is 11.3 Å². The van der Waals surface area contributed by atoms with Crippen LogP contribution in [0.25, 0.3) is 0 Å². The number of likely N-dealkylation sites (N-methyl/N-ethyl adjacent to an activating group) is 1. The van der Waals surface area contributed by atoms with Gasteiger partial charge < -0.3 is 33.9 Å². The van der Waals surface area contributed by atoms with Gasteiger partial charge in [0, 0.05) is 82.3 Å². The lowest BCUT2D eigenvalue weighted by Crippen LogP contribution is -2.82. The average molecular weight is 683 g/mol. The molecule has 7 fully saturated rings. The third-order valence-corrected chi connectivity index (χ3v) is 14.5. The minimum atomic E-state index is -1.70. The molecule has 4 unspecified atom stereocenters. The molecule has 268 valence electrons. The first kappa shape index (κ1) is 33.7. The second-order valence-corrected chi connectivity index (χ2v) is 16.0. The Morgan fingerprint density at radius 3 is 2.43 bits per heavy atom. The predicted molar refractivity (Wildman–Crippen MR) is 174 cm³/mol. The zero-order valence-corrected chi connectivity index (χ0v) is 29.3. The Balaban J connectivity index is 1.23. The Hall–Kier alpha value is -2.45. The summed E-state index contributed by atoms with van der Waals surface area (Å²) in [6.07, 6.45) is 0.813. The van der Waals surface area contributed by atoms with Crippen molar-refractivity contribution in [2.75, 3.05) is 53.0 Å². The molecule has 1 aromatic rings. The van der Waals surface area contributed by atoms with E-state index in [1.165, 1.54) is 0 Å². The Kier molecular flexibility index (Phi) is 7.75. The molecule has 8 rings (SSSR count). The number of esters is 1. The van der Waals surface area contributed by atoms with Gasteiger partial charge in [0.05, 0.1) is 48.3 Å². The molecule has 12 nitrogen and oxygen atoms in total. The number of piperidine rings is 1. The second kappa shape index (κ2) is 11.3. The number of benzene rings is 1. The van der Waals surface area contributed by atoms with Crippen LogP contribution in [0.5, 0.6) is 0 Å². The highest BCUT2D eigenvalue weighted by atomic mass is 16.5. The molecule has 49 heavy (non-hydrogen) atoms. The normalized spacial score (nSPS) is 48.0. The van der Waals surface area contributed by atoms with Crippen molar-refractivity contribution in [1.29, 1.82) is 0 Å². The van der Waals surface area contributed by atoms with E-state index in [-0.39, 0.29) is 84.5 Å². The fourth-order valence-corrected chi connectivity index (χ4v) is 13.2. The average Bonchev–Trinajstić information content (AvgIpc) is 3.63. The van der Waals surface area contributed by atoms with Crippen LogP contribution in [0.2, 0.25) is 0 Å². The summed E-state index contributed by atoms with van der Waals surface area (Å²) in [6, 6.07) is 6.12. The van der Waals surface area contributed by atoms with Gasteiger partial charge in [-0.2, -0.15) is 0 Å². The minimum absolute atomic E-state index is 0.0358. The summed E-state index contributed by atoms with van der Waals surface area (Å²) < 4.78 is 31.4. The minimum Gasteiger partial charge on any atom is -0.461 e. The number of methoxy groups -OCH3 is 4. The summed E-state index contributed by atoms with van der Waals surface area (Å²) in [5.74, 6) is -2.47. The number of ether oxygens (including phenoxy) is 5. The Morgan fingerprint density at radius 2 is 1.80 bits per heavy atom. The lowest BCUT2D eigenvalue weighted by Gasteiger charge is -2.70. The van der Waals surface area contributed by atoms with Crippen molar-refractivity contribution in [3.63, 3.8) is 0 Å². The van der Waals surface area contributed by atoms with Gasteiger partial charge in [0.2, 0.25) is 11.8 Å². The van der Waals surface area contributed by atoms with Gasteiger partial charge in [-0.25, -0.2) is 9.69 Å². The zero-order chi connectivity index (χ0) is 34.8. The molecule has 7 aliphatic rings. The summed E-state index contributed by atoms with van der Waals surface area (Å²) in [5.41, 5.74) is -4.17. The van der Waals surface area contributed by atoms with Crippen molar-refractivity contribution >= 4 is 23.5 Å². The number of nitrogens with zero attached hydrogens (tertiary/aromatic N) is 2. The molecule has 2 saturated heterocycles. The standard InChI is InChI=1S/C37H50N2O10/c1-7-38-17-34(18-49-32(42)20-10-8-9-11-23(20)39-26(40)14-19(2)31(39)41)13-12-25(46-4)36-22-15-21-24(45-3)16-35(43,27(22)28(21)47-5)37(44,33(36)38)30(48-6)29(34)36/h8-11,19,21-22,24-25,27-30,33,43-44H,7,12-18H2,1-6H3/t19?,21-,22?,24+,25+,27?,28+,29?,30+,33-,34-,35-,36+,37+/m1/s1. The molecule has 5 saturated carbocycles. The maximum Gasteiger partial charge on any atom is 0.340 e. The summed E-state index contributed by atoms with van der Waals surface area (Å²) in [4.78, 5) is 43.3. The molecule has 2 aliphatic heterocycles. The molecule has 1 aromatic carbocycles. The van der Waals surface area contributed by atoms with Gasteiger partial charge >= 0.3 is 5.97 Å². The number of amides is 2. The van der Waals surface area contributed by atoms with Gasteiger partial charge in [0.1, 0.15) is 11.2 Å². The highest BCUT2D eigenvalue weighted by molar-refractivity contribution is 6.22. The van der Waals surface area contributed by atoms with Crippen molar-refractivity contribution in [2.45, 2.75) is 87.6 Å². The van der Waals surface area contributed by atoms with Gasteiger partial charge in [-0.15, -0.1) is 0 Å². The molecule has 0 radical (unpaired) electrons. The Morgan fingerprint density at radius 1 is 1.04 bits per heavy atom. The van der Waals surface area contributed by atoms with Crippen molar-refractivity contribution in [3.05, 3.63) is 29.8 Å². The predicted octanol–water partition coefficient (Wildman–Crippen LogP) is 2.04. The van der Waals surface area contributed by atoms with Crippen LogP contribution in [0.15, 0.2) is 24.3 Å². The molecule has 2 N–H and O–H groups in total. The summed E-state index contributed by atoms with van der Waals surface area (Å²) in [5, 5.41) is 26.6. The highest BCUT2D eigenvalue weighted by Crippen LogP contribution is 2.80. The van der Waals surface area contributed by atoms with Crippen LogP contribution in [0.1, 0.15) is 56.3 Å². The van der Waals surface area contributed by atoms with E-state index in [0.29, 0.717) is 25.9 Å². The lowest BCUT2D eigenvalue weighted by atomic mass is 9.42. The van der Waals surface area contributed by atoms with Crippen LogP contribution in [-0.2, 0) is 33.3 Å². The van der Waals surface area contributed by atoms with Gasteiger partial charge in [0.25, 0.3) is 0 Å². The number of hydrogen-bond donors (Lipinski definition) is 2. The van der Waals surface area contributed by atoms with Gasteiger partial charge in [0.15, 0.2) is 0 Å². The first-order valence-electron chi connectivity index (χ1n) is 17.9. The molecule has 0 aromatic heterocycles. The first-order chi connectivity index (χ1) is 23.4. The number of aliphatic hydroxyl groups is 2. The van der Waals surface area contributed by atoms with Crippen LogP contribution in [0, 0.1) is 40.4 Å². The van der Waals surface area contributed by atoms with Crippen LogP contribution in [-0.4, -0.2) is 123 Å². The number of imide groups is 1. The van der Waals surface area contributed by atoms with E-state index in [1.807, 2.05) is 0 Å². The first-order valence-corrected chi connectivity index (χ1v) is 17.9. The molecular weight excluding hydrogens is 632 g/mol. The topological polar surface area (TPSA) is 144 Å². The summed E-state index contributed by atoms with van der Waals surface area (Å²) in [6.45, 7) is 4.95. The van der Waals surface area contributed by atoms with E-state index in [4.69, 9.17) is 23.7 Å². The number of hydrogen-bond acceptors (Lipinski definition) is 11. The molecule has 14 atom stereocenters. The van der Waals surface area contributed by atoms with E-state index in [9.17, 15) is 24.6 Å². The zero-order valence-electron chi connectivity index (χ0n) is 29.3. The molecule has 2 amide bonds. The number of carbonyl (C=O) groups excluding carboxylic acids is 3. The maximum absolute atomic E-state index is 14.1. The van der Waals surface area contributed by atoms with E-state index >= 15 is 0 Å². The number of rotatable bonds is 9. The highest BCUT2D eigenvalue weighted by Gasteiger charge is 2.91. The number of para-hydroxylation sites is 1. The van der Waals surface area contributed by atoms with Gasteiger partial charge in [-0.1, -0.05) is 26.0 Å². The number of anilines is 1. The Bertz CT molecular complexity index is 1560. The van der Waals surface area contributed by atoms with E-state index < -0.39 is 46.1 Å². The Labute approximate surface area is 287 Å². The summed E-state index contributed by atoms with van der Waals surface area (Å²) >= 11 is 0. The second-order valence-electron chi connectivity index (χ2n) is 16.0. The van der Waals surface area contributed by atoms with Crippen LogP contribution < -0.4 is 4.90 Å². The molecule has 12 heteroatoms. The van der Waals surface area contributed by atoms with Gasteiger partial charge in [-0.05, 0) is 43.9 Å². The van der Waals surface area contributed by atoms with Crippen molar-refractivity contribution in [3.8, 4) is 0 Å². The van der Waals surface area contributed by atoms with Crippen LogP contribution in [0.3, 0.4) is 0 Å². The quantitative estimate of drug-likeness (QED) is 0.292. The van der Waals surface area contributed by atoms with E-state index in [2.05, 4.69) is 11.8 Å². The van der Waals surface area contributed by atoms with Crippen molar-refractivity contribution in [2.24, 2.45) is 40.4 Å². The lowest BCUT2D eigenvalue weighted by molar-refractivity contribution is -0.320. The fraction of sp³-hybridized carbons (Fsp3) is 0.757. The smallest absolute Gasteiger partial charge is 0.340 e. The number of carbonyl (C=O) groups is 3. The maximum atomic E-state index is 14.1. The molecular formula is C37H50N2O10. The number of fused-ring (bicyclic) bond motifs is 2. The molecule has 5 aliphatic carbocycles. The summed E-state index contributed by atoms with van der Waals surface area (Å²) in [7, 11) is 6.70. The largest absolute Gasteiger partial charge is 0.461 e. The van der Waals surface area contributed by atoms with Crippen molar-refractivity contribution < 1.29 is 48.3 Å². The van der Waals surface area contributed by atoms with E-state index in [1.54, 1.807) is 59.6 Å². The number of likely N-dealkylation sites (tertiary alicyclic amines) is 1. The fourth-order valence-electron chi connectivity index (χ4n) is 13.2. The van der Waals surface area contributed by atoms with Gasteiger partial charge in [-0.3, -0.25) is 14.5 Å². The molecule has 1 spiro atoms. The third-order valence-electron chi connectivity index (χ3n) is 14.5. The molecule has 7 bridgehead atoms. The SMILES string of the molecule is CCN1C[C@@]2(COC(=O)c3ccccc3N3C(=O)CC(C)C3=O)CC[C@H](OC)[C@]34C5C[C@@H]6[C@@H](OC)C[C@@](O)(C5[C@H]6OC)[C@@](O)([C@H]13)[C@@H](OC)C24. The van der Waals surface area contributed by atoms with Crippen LogP contribution >= 0.6 is 0 Å². The monoisotopic (exact) mass is 682 g/mol. The van der Waals surface area contributed by atoms with Crippen LogP contribution in [0.4, 0.5) is 5.69 Å². The molecule has 2 heterocycles.